The van der Waals surface area contributed by atoms with Crippen molar-refractivity contribution in [2.45, 2.75) is 26.7 Å². The third-order valence-electron chi connectivity index (χ3n) is 4.86. The summed E-state index contributed by atoms with van der Waals surface area (Å²) in [6.45, 7) is 9.25. The van der Waals surface area contributed by atoms with Gasteiger partial charge in [0.05, 0.1) is 13.2 Å². The minimum atomic E-state index is -0.161. The number of halogens is 1. The fourth-order valence-corrected chi connectivity index (χ4v) is 3.46. The molecule has 0 unspecified atom stereocenters. The molecule has 0 amide bonds. The Balaban J connectivity index is 1.76. The topological polar surface area (TPSA) is 21.7 Å². The van der Waals surface area contributed by atoms with Crippen LogP contribution in [0.2, 0.25) is 0 Å². The fraction of sp³-hybridized carbons (Fsp3) is 0.455. The first-order valence-corrected chi connectivity index (χ1v) is 9.46. The minimum absolute atomic E-state index is 0.161. The van der Waals surface area contributed by atoms with Crippen LogP contribution < -0.4 is 4.74 Å². The van der Waals surface area contributed by atoms with E-state index in [-0.39, 0.29) is 5.82 Å². The zero-order valence-corrected chi connectivity index (χ0v) is 15.8. The highest BCUT2D eigenvalue weighted by molar-refractivity contribution is 5.47. The van der Waals surface area contributed by atoms with Crippen LogP contribution in [-0.4, -0.2) is 44.4 Å². The average molecular weight is 357 g/mol. The summed E-state index contributed by atoms with van der Waals surface area (Å²) < 4.78 is 25.7. The summed E-state index contributed by atoms with van der Waals surface area (Å²) in [5.74, 6) is 0.765. The fourth-order valence-electron chi connectivity index (χ4n) is 3.46. The van der Waals surface area contributed by atoms with Crippen LogP contribution in [-0.2, 0) is 17.6 Å². The van der Waals surface area contributed by atoms with Crippen molar-refractivity contribution in [3.63, 3.8) is 0 Å². The first kappa shape index (κ1) is 18.9. The van der Waals surface area contributed by atoms with E-state index >= 15 is 0 Å². The monoisotopic (exact) mass is 357 g/mol. The number of aryl methyl sites for hydroxylation is 2. The molecule has 1 saturated heterocycles. The van der Waals surface area contributed by atoms with Gasteiger partial charge in [-0.1, -0.05) is 42.8 Å². The summed E-state index contributed by atoms with van der Waals surface area (Å²) in [6.07, 6.45) is 1.45. The van der Waals surface area contributed by atoms with E-state index in [2.05, 4.69) is 30.9 Å². The van der Waals surface area contributed by atoms with Crippen molar-refractivity contribution in [1.29, 1.82) is 0 Å². The van der Waals surface area contributed by atoms with E-state index in [1.165, 1.54) is 17.2 Å². The summed E-state index contributed by atoms with van der Waals surface area (Å²) >= 11 is 0. The second-order valence-corrected chi connectivity index (χ2v) is 6.84. The Kier molecular flexibility index (Phi) is 6.64. The maximum absolute atomic E-state index is 14.1. The van der Waals surface area contributed by atoms with Crippen LogP contribution in [0.3, 0.4) is 0 Å². The van der Waals surface area contributed by atoms with E-state index in [0.717, 1.165) is 50.6 Å². The largest absolute Gasteiger partial charge is 0.492 e. The number of hydrogen-bond acceptors (Lipinski definition) is 3. The van der Waals surface area contributed by atoms with Gasteiger partial charge in [-0.05, 0) is 36.1 Å². The van der Waals surface area contributed by atoms with Gasteiger partial charge in [-0.2, -0.15) is 0 Å². The van der Waals surface area contributed by atoms with Gasteiger partial charge in [-0.3, -0.25) is 4.90 Å². The predicted molar refractivity (Wildman–Crippen MR) is 103 cm³/mol. The molecule has 1 aliphatic rings. The molecule has 0 aromatic heterocycles. The molecule has 26 heavy (non-hydrogen) atoms. The van der Waals surface area contributed by atoms with Crippen molar-refractivity contribution in [3.05, 3.63) is 64.5 Å². The lowest BCUT2D eigenvalue weighted by molar-refractivity contribution is 0.0321. The maximum Gasteiger partial charge on any atom is 0.126 e. The zero-order valence-electron chi connectivity index (χ0n) is 15.8. The summed E-state index contributed by atoms with van der Waals surface area (Å²) in [5.41, 5.74) is 4.15. The van der Waals surface area contributed by atoms with Gasteiger partial charge in [0.2, 0.25) is 0 Å². The van der Waals surface area contributed by atoms with Gasteiger partial charge in [0, 0.05) is 26.1 Å². The summed E-state index contributed by atoms with van der Waals surface area (Å²) in [6, 6.07) is 11.3. The smallest absolute Gasteiger partial charge is 0.126 e. The molecule has 140 valence electrons. The summed E-state index contributed by atoms with van der Waals surface area (Å²) in [4.78, 5) is 2.36. The third kappa shape index (κ3) is 4.83. The molecular weight excluding hydrogens is 329 g/mol. The number of ether oxygens (including phenoxy) is 2. The predicted octanol–water partition coefficient (Wildman–Crippen LogP) is 4.00. The van der Waals surface area contributed by atoms with Gasteiger partial charge in [-0.25, -0.2) is 4.39 Å². The average Bonchev–Trinajstić information content (AvgIpc) is 2.65. The van der Waals surface area contributed by atoms with E-state index in [9.17, 15) is 4.39 Å². The molecule has 0 aliphatic carbocycles. The molecule has 1 heterocycles. The Hall–Kier alpha value is -1.91. The molecule has 2 aromatic carbocycles. The molecule has 0 N–H and O–H groups in total. The molecule has 0 saturated carbocycles. The Labute approximate surface area is 155 Å². The molecule has 0 atom stereocenters. The number of rotatable bonds is 7. The second-order valence-electron chi connectivity index (χ2n) is 6.84. The SMILES string of the molecule is CCc1cc(C)cc(Cc2ccccc2F)c1OCCN1CCOCC1. The van der Waals surface area contributed by atoms with Crippen molar-refractivity contribution < 1.29 is 13.9 Å². The van der Waals surface area contributed by atoms with E-state index in [1.807, 2.05) is 12.1 Å². The highest BCUT2D eigenvalue weighted by atomic mass is 19.1. The van der Waals surface area contributed by atoms with Crippen LogP contribution in [0.5, 0.6) is 5.75 Å². The van der Waals surface area contributed by atoms with Gasteiger partial charge < -0.3 is 9.47 Å². The molecule has 4 heteroatoms. The number of hydrogen-bond donors (Lipinski definition) is 0. The molecule has 1 fully saturated rings. The maximum atomic E-state index is 14.1. The first-order valence-electron chi connectivity index (χ1n) is 9.46. The van der Waals surface area contributed by atoms with Gasteiger partial charge in [0.25, 0.3) is 0 Å². The Morgan fingerprint density at radius 3 is 2.54 bits per heavy atom. The van der Waals surface area contributed by atoms with Gasteiger partial charge >= 0.3 is 0 Å². The van der Waals surface area contributed by atoms with Crippen molar-refractivity contribution in [2.24, 2.45) is 0 Å². The number of nitrogens with zero attached hydrogens (tertiary/aromatic N) is 1. The van der Waals surface area contributed by atoms with Crippen LogP contribution in [0, 0.1) is 12.7 Å². The normalized spacial score (nSPS) is 15.2. The lowest BCUT2D eigenvalue weighted by atomic mass is 9.97. The molecule has 0 radical (unpaired) electrons. The van der Waals surface area contributed by atoms with E-state index in [0.29, 0.717) is 18.6 Å². The van der Waals surface area contributed by atoms with Crippen LogP contribution in [0.4, 0.5) is 4.39 Å². The van der Waals surface area contributed by atoms with Gasteiger partial charge in [0.1, 0.15) is 18.2 Å². The summed E-state index contributed by atoms with van der Waals surface area (Å²) in [7, 11) is 0. The van der Waals surface area contributed by atoms with Gasteiger partial charge in [-0.15, -0.1) is 0 Å². The highest BCUT2D eigenvalue weighted by Crippen LogP contribution is 2.29. The number of benzene rings is 2. The lowest BCUT2D eigenvalue weighted by Crippen LogP contribution is -2.38. The Morgan fingerprint density at radius 2 is 1.81 bits per heavy atom. The number of morpholine rings is 1. The molecule has 0 bridgehead atoms. The quantitative estimate of drug-likeness (QED) is 0.748. The Bertz CT molecular complexity index is 726. The van der Waals surface area contributed by atoms with Crippen molar-refractivity contribution in [3.8, 4) is 5.75 Å². The first-order chi connectivity index (χ1) is 12.7. The molecule has 2 aromatic rings. The van der Waals surface area contributed by atoms with Crippen LogP contribution in [0.15, 0.2) is 36.4 Å². The van der Waals surface area contributed by atoms with Crippen molar-refractivity contribution in [1.82, 2.24) is 4.90 Å². The second kappa shape index (κ2) is 9.15. The van der Waals surface area contributed by atoms with Crippen molar-refractivity contribution >= 4 is 0 Å². The third-order valence-corrected chi connectivity index (χ3v) is 4.86. The van der Waals surface area contributed by atoms with Gasteiger partial charge in [0.15, 0.2) is 0 Å². The molecule has 0 spiro atoms. The molecular formula is C22H28FNO2. The molecule has 3 nitrogen and oxygen atoms in total. The van der Waals surface area contributed by atoms with Crippen LogP contribution in [0.25, 0.3) is 0 Å². The van der Waals surface area contributed by atoms with Crippen molar-refractivity contribution in [2.75, 3.05) is 39.5 Å². The lowest BCUT2D eigenvalue weighted by Gasteiger charge is -2.27. The van der Waals surface area contributed by atoms with E-state index < -0.39 is 0 Å². The Morgan fingerprint density at radius 1 is 1.08 bits per heavy atom. The summed E-state index contributed by atoms with van der Waals surface area (Å²) in [5, 5.41) is 0. The highest BCUT2D eigenvalue weighted by Gasteiger charge is 2.15. The van der Waals surface area contributed by atoms with E-state index in [1.54, 1.807) is 6.07 Å². The standard InChI is InChI=1S/C22H28FNO2/c1-3-18-14-17(2)15-20(16-19-6-4-5-7-21(19)23)22(18)26-13-10-24-8-11-25-12-9-24/h4-7,14-15H,3,8-13,16H2,1-2H3. The van der Waals surface area contributed by atoms with E-state index in [4.69, 9.17) is 9.47 Å². The molecule has 3 rings (SSSR count). The molecule has 1 aliphatic heterocycles. The van der Waals surface area contributed by atoms with Crippen LogP contribution in [0.1, 0.15) is 29.2 Å². The van der Waals surface area contributed by atoms with Crippen LogP contribution >= 0.6 is 0 Å². The zero-order chi connectivity index (χ0) is 18.4. The minimum Gasteiger partial charge on any atom is -0.492 e.